The molecule has 1 aliphatic heterocycles. The van der Waals surface area contributed by atoms with E-state index in [0.29, 0.717) is 12.1 Å². The first-order chi connectivity index (χ1) is 8.93. The van der Waals surface area contributed by atoms with Gasteiger partial charge in [-0.25, -0.2) is 13.6 Å². The van der Waals surface area contributed by atoms with E-state index in [0.717, 1.165) is 4.90 Å². The predicted octanol–water partition coefficient (Wildman–Crippen LogP) is 1.65. The van der Waals surface area contributed by atoms with Crippen LogP contribution in [0, 0.1) is 29.9 Å². The molecule has 1 saturated heterocycles. The summed E-state index contributed by atoms with van der Waals surface area (Å²) in [6.45, 7) is 0.0953. The molecule has 1 aromatic carbocycles. The highest BCUT2D eigenvalue weighted by molar-refractivity contribution is 5.97. The van der Waals surface area contributed by atoms with Crippen LogP contribution in [0.25, 0.3) is 0 Å². The largest absolute Gasteiger partial charge is 0.478 e. The van der Waals surface area contributed by atoms with Crippen LogP contribution in [0.3, 0.4) is 0 Å². The summed E-state index contributed by atoms with van der Waals surface area (Å²) in [6, 6.07) is 1.26. The van der Waals surface area contributed by atoms with Gasteiger partial charge in [0.25, 0.3) is 0 Å². The molecule has 1 heterocycles. The number of amides is 1. The van der Waals surface area contributed by atoms with Crippen molar-refractivity contribution in [3.8, 4) is 12.3 Å². The van der Waals surface area contributed by atoms with Gasteiger partial charge in [0.05, 0.1) is 11.3 Å². The maximum absolute atomic E-state index is 13.8. The first-order valence-corrected chi connectivity index (χ1v) is 5.43. The van der Waals surface area contributed by atoms with Gasteiger partial charge in [0, 0.05) is 24.9 Å². The van der Waals surface area contributed by atoms with Crippen molar-refractivity contribution in [2.45, 2.75) is 6.42 Å². The van der Waals surface area contributed by atoms with E-state index in [1.807, 2.05) is 0 Å². The maximum atomic E-state index is 13.8. The fourth-order valence-corrected chi connectivity index (χ4v) is 1.96. The standard InChI is InChI=1S/C13H9F2NO3/c1-2-7-3-12(17)16(6-7)11-5-9(14)8(13(18)19)4-10(11)15/h1,4-5,7H,3,6H2,(H,18,19). The summed E-state index contributed by atoms with van der Waals surface area (Å²) < 4.78 is 27.3. The van der Waals surface area contributed by atoms with Crippen LogP contribution in [-0.2, 0) is 4.79 Å². The van der Waals surface area contributed by atoms with Crippen LogP contribution in [0.2, 0.25) is 0 Å². The number of terminal acetylenes is 1. The van der Waals surface area contributed by atoms with Crippen molar-refractivity contribution in [3.05, 3.63) is 29.3 Å². The number of aromatic carboxylic acids is 1. The molecule has 19 heavy (non-hydrogen) atoms. The summed E-state index contributed by atoms with van der Waals surface area (Å²) in [5, 5.41) is 8.66. The molecule has 0 spiro atoms. The number of nitrogens with zero attached hydrogens (tertiary/aromatic N) is 1. The highest BCUT2D eigenvalue weighted by Gasteiger charge is 2.32. The van der Waals surface area contributed by atoms with Gasteiger partial charge in [0.15, 0.2) is 0 Å². The molecule has 1 aromatic rings. The van der Waals surface area contributed by atoms with Crippen molar-refractivity contribution in [2.75, 3.05) is 11.4 Å². The molecular formula is C13H9F2NO3. The zero-order valence-corrected chi connectivity index (χ0v) is 9.69. The van der Waals surface area contributed by atoms with Crippen LogP contribution < -0.4 is 4.90 Å². The van der Waals surface area contributed by atoms with E-state index in [4.69, 9.17) is 11.5 Å². The van der Waals surface area contributed by atoms with E-state index in [2.05, 4.69) is 5.92 Å². The summed E-state index contributed by atoms with van der Waals surface area (Å²) >= 11 is 0. The Morgan fingerprint density at radius 3 is 2.63 bits per heavy atom. The van der Waals surface area contributed by atoms with Crippen molar-refractivity contribution >= 4 is 17.6 Å². The van der Waals surface area contributed by atoms with Gasteiger partial charge in [-0.2, -0.15) is 0 Å². The predicted molar refractivity (Wildman–Crippen MR) is 62.6 cm³/mol. The van der Waals surface area contributed by atoms with Crippen molar-refractivity contribution in [1.29, 1.82) is 0 Å². The lowest BCUT2D eigenvalue weighted by Crippen LogP contribution is -2.26. The number of carboxylic acid groups (broad SMARTS) is 1. The molecule has 1 unspecified atom stereocenters. The van der Waals surface area contributed by atoms with Gasteiger partial charge in [-0.1, -0.05) is 0 Å². The summed E-state index contributed by atoms with van der Waals surface area (Å²) in [7, 11) is 0. The maximum Gasteiger partial charge on any atom is 0.338 e. The van der Waals surface area contributed by atoms with E-state index in [1.54, 1.807) is 0 Å². The van der Waals surface area contributed by atoms with Crippen LogP contribution in [0.1, 0.15) is 16.8 Å². The van der Waals surface area contributed by atoms with Gasteiger partial charge in [-0.15, -0.1) is 12.3 Å². The first kappa shape index (κ1) is 13.0. The Morgan fingerprint density at radius 1 is 1.42 bits per heavy atom. The van der Waals surface area contributed by atoms with Gasteiger partial charge in [-0.05, 0) is 6.07 Å². The molecule has 1 fully saturated rings. The summed E-state index contributed by atoms with van der Waals surface area (Å²) in [5.41, 5.74) is -1.06. The quantitative estimate of drug-likeness (QED) is 0.827. The van der Waals surface area contributed by atoms with Crippen LogP contribution >= 0.6 is 0 Å². The van der Waals surface area contributed by atoms with E-state index < -0.39 is 29.1 Å². The fourth-order valence-electron chi connectivity index (χ4n) is 1.96. The summed E-state index contributed by atoms with van der Waals surface area (Å²) in [5.74, 6) is -2.02. The number of hydrogen-bond acceptors (Lipinski definition) is 2. The molecule has 0 saturated carbocycles. The molecule has 0 radical (unpaired) electrons. The molecule has 0 bridgehead atoms. The lowest BCUT2D eigenvalue weighted by molar-refractivity contribution is -0.117. The molecule has 1 aliphatic rings. The van der Waals surface area contributed by atoms with Crippen molar-refractivity contribution in [2.24, 2.45) is 5.92 Å². The molecule has 1 amide bonds. The van der Waals surface area contributed by atoms with Crippen LogP contribution in [0.15, 0.2) is 12.1 Å². The number of rotatable bonds is 2. The second-order valence-electron chi connectivity index (χ2n) is 4.16. The zero-order chi connectivity index (χ0) is 14.2. The second-order valence-corrected chi connectivity index (χ2v) is 4.16. The third kappa shape index (κ3) is 2.27. The van der Waals surface area contributed by atoms with Gasteiger partial charge >= 0.3 is 5.97 Å². The number of carbonyl (C=O) groups excluding carboxylic acids is 1. The number of halogens is 2. The second kappa shape index (κ2) is 4.69. The number of hydrogen-bond donors (Lipinski definition) is 1. The average molecular weight is 265 g/mol. The van der Waals surface area contributed by atoms with E-state index in [9.17, 15) is 18.4 Å². The fraction of sp³-hybridized carbons (Fsp3) is 0.231. The van der Waals surface area contributed by atoms with E-state index >= 15 is 0 Å². The zero-order valence-electron chi connectivity index (χ0n) is 9.69. The topological polar surface area (TPSA) is 57.6 Å². The Kier molecular flexibility index (Phi) is 3.21. The van der Waals surface area contributed by atoms with Crippen molar-refractivity contribution < 1.29 is 23.5 Å². The lowest BCUT2D eigenvalue weighted by atomic mass is 10.1. The molecule has 1 N–H and O–H groups in total. The van der Waals surface area contributed by atoms with Crippen LogP contribution in [0.5, 0.6) is 0 Å². The van der Waals surface area contributed by atoms with E-state index in [-0.39, 0.29) is 24.6 Å². The molecule has 0 aliphatic carbocycles. The number of carbonyl (C=O) groups is 2. The van der Waals surface area contributed by atoms with Crippen LogP contribution in [-0.4, -0.2) is 23.5 Å². The number of carboxylic acids is 1. The monoisotopic (exact) mass is 265 g/mol. The Balaban J connectivity index is 2.42. The number of benzene rings is 1. The SMILES string of the molecule is C#CC1CC(=O)N(c2cc(F)c(C(=O)O)cc2F)C1. The molecule has 1 atom stereocenters. The van der Waals surface area contributed by atoms with Crippen LogP contribution in [0.4, 0.5) is 14.5 Å². The minimum Gasteiger partial charge on any atom is -0.478 e. The van der Waals surface area contributed by atoms with E-state index in [1.165, 1.54) is 0 Å². The van der Waals surface area contributed by atoms with Gasteiger partial charge in [-0.3, -0.25) is 4.79 Å². The third-order valence-electron chi connectivity index (χ3n) is 2.92. The molecule has 6 heteroatoms. The summed E-state index contributed by atoms with van der Waals surface area (Å²) in [4.78, 5) is 23.3. The average Bonchev–Trinajstić information content (AvgIpc) is 2.72. The smallest absolute Gasteiger partial charge is 0.338 e. The minimum absolute atomic E-state index is 0.0677. The summed E-state index contributed by atoms with van der Waals surface area (Å²) in [6.07, 6.45) is 5.26. The highest BCUT2D eigenvalue weighted by Crippen LogP contribution is 2.29. The Bertz CT molecular complexity index is 607. The Labute approximate surface area is 107 Å². The molecular weight excluding hydrogens is 256 g/mol. The number of anilines is 1. The van der Waals surface area contributed by atoms with Gasteiger partial charge in [0.1, 0.15) is 11.6 Å². The molecule has 98 valence electrons. The molecule has 2 rings (SSSR count). The van der Waals surface area contributed by atoms with Gasteiger partial charge in [0.2, 0.25) is 5.91 Å². The highest BCUT2D eigenvalue weighted by atomic mass is 19.1. The van der Waals surface area contributed by atoms with Crippen molar-refractivity contribution in [3.63, 3.8) is 0 Å². The Morgan fingerprint density at radius 2 is 2.11 bits per heavy atom. The third-order valence-corrected chi connectivity index (χ3v) is 2.92. The normalized spacial score (nSPS) is 18.5. The van der Waals surface area contributed by atoms with Crippen molar-refractivity contribution in [1.82, 2.24) is 0 Å². The van der Waals surface area contributed by atoms with Gasteiger partial charge < -0.3 is 10.0 Å². The Hall–Kier alpha value is -2.42. The lowest BCUT2D eigenvalue weighted by Gasteiger charge is -2.17. The minimum atomic E-state index is -1.57. The molecule has 4 nitrogen and oxygen atoms in total. The molecule has 0 aromatic heterocycles. The first-order valence-electron chi connectivity index (χ1n) is 5.43.